The van der Waals surface area contributed by atoms with Crippen molar-refractivity contribution in [2.75, 3.05) is 18.1 Å². The molecule has 1 rings (SSSR count). The van der Waals surface area contributed by atoms with Crippen molar-refractivity contribution in [3.8, 4) is 0 Å². The van der Waals surface area contributed by atoms with Gasteiger partial charge in [0, 0.05) is 16.5 Å². The number of carboxylic acid groups (broad SMARTS) is 1. The van der Waals surface area contributed by atoms with Crippen molar-refractivity contribution < 1.29 is 14.7 Å². The molecule has 5 nitrogen and oxygen atoms in total. The Morgan fingerprint density at radius 3 is 2.78 bits per heavy atom. The van der Waals surface area contributed by atoms with E-state index in [1.165, 1.54) is 11.8 Å². The number of hydrogen-bond donors (Lipinski definition) is 3. The predicted octanol–water partition coefficient (Wildman–Crippen LogP) is 2.66. The van der Waals surface area contributed by atoms with Crippen LogP contribution in [0.3, 0.4) is 0 Å². The lowest BCUT2D eigenvalue weighted by Gasteiger charge is -2.10. The van der Waals surface area contributed by atoms with Crippen molar-refractivity contribution in [2.24, 2.45) is 0 Å². The number of benzene rings is 1. The standard InChI is InChI=1S/C11H13ClN2O3S/c1-18-9-3-2-7(12)6-8(9)14-11(17)13-5-4-10(15)16/h2-3,6H,4-5H2,1H3,(H,15,16)(H2,13,14,17). The van der Waals surface area contributed by atoms with Gasteiger partial charge in [-0.2, -0.15) is 0 Å². The molecule has 3 N–H and O–H groups in total. The molecule has 0 atom stereocenters. The fourth-order valence-corrected chi connectivity index (χ4v) is 1.93. The molecule has 0 aromatic heterocycles. The molecule has 0 fully saturated rings. The highest BCUT2D eigenvalue weighted by atomic mass is 35.5. The highest BCUT2D eigenvalue weighted by molar-refractivity contribution is 7.98. The summed E-state index contributed by atoms with van der Waals surface area (Å²) in [5.41, 5.74) is 0.600. The Labute approximate surface area is 114 Å². The minimum absolute atomic E-state index is 0.0797. The Morgan fingerprint density at radius 1 is 1.44 bits per heavy atom. The van der Waals surface area contributed by atoms with Crippen LogP contribution >= 0.6 is 23.4 Å². The third kappa shape index (κ3) is 4.85. The molecule has 0 saturated heterocycles. The van der Waals surface area contributed by atoms with Crippen LogP contribution in [0.1, 0.15) is 6.42 Å². The summed E-state index contributed by atoms with van der Waals surface area (Å²) in [6, 6.07) is 4.74. The van der Waals surface area contributed by atoms with Crippen LogP contribution < -0.4 is 10.6 Å². The van der Waals surface area contributed by atoms with Crippen molar-refractivity contribution in [3.05, 3.63) is 23.2 Å². The van der Waals surface area contributed by atoms with Crippen LogP contribution in [0.25, 0.3) is 0 Å². The number of halogens is 1. The maximum absolute atomic E-state index is 11.5. The molecule has 0 unspecified atom stereocenters. The first-order chi connectivity index (χ1) is 8.52. The van der Waals surface area contributed by atoms with Crippen LogP contribution in [0.4, 0.5) is 10.5 Å². The summed E-state index contributed by atoms with van der Waals surface area (Å²) in [5.74, 6) is -0.956. The van der Waals surface area contributed by atoms with Gasteiger partial charge in [0.1, 0.15) is 0 Å². The van der Waals surface area contributed by atoms with Crippen LogP contribution in [0, 0.1) is 0 Å². The van der Waals surface area contributed by atoms with Gasteiger partial charge in [0.2, 0.25) is 0 Å². The van der Waals surface area contributed by atoms with E-state index in [1.807, 2.05) is 6.26 Å². The Bertz CT molecular complexity index is 454. The molecule has 2 amide bonds. The molecule has 7 heteroatoms. The predicted molar refractivity (Wildman–Crippen MR) is 72.5 cm³/mol. The molecule has 0 aliphatic carbocycles. The van der Waals surface area contributed by atoms with Gasteiger partial charge < -0.3 is 15.7 Å². The molecule has 18 heavy (non-hydrogen) atoms. The largest absolute Gasteiger partial charge is 0.481 e. The molecule has 0 aliphatic rings. The fourth-order valence-electron chi connectivity index (χ4n) is 1.23. The van der Waals surface area contributed by atoms with E-state index in [1.54, 1.807) is 18.2 Å². The molecular formula is C11H13ClN2O3S. The molecule has 1 aromatic rings. The van der Waals surface area contributed by atoms with Crippen LogP contribution in [-0.4, -0.2) is 29.9 Å². The Kier molecular flexibility index (Phi) is 5.80. The number of thioether (sulfide) groups is 1. The van der Waals surface area contributed by atoms with E-state index >= 15 is 0 Å². The van der Waals surface area contributed by atoms with E-state index in [9.17, 15) is 9.59 Å². The highest BCUT2D eigenvalue weighted by Crippen LogP contribution is 2.28. The molecule has 0 heterocycles. The number of nitrogens with one attached hydrogen (secondary N) is 2. The van der Waals surface area contributed by atoms with Gasteiger partial charge in [0.15, 0.2) is 0 Å². The topological polar surface area (TPSA) is 78.4 Å². The van der Waals surface area contributed by atoms with Crippen molar-refractivity contribution in [3.63, 3.8) is 0 Å². The number of carboxylic acids is 1. The average molecular weight is 289 g/mol. The van der Waals surface area contributed by atoms with Crippen molar-refractivity contribution in [1.82, 2.24) is 5.32 Å². The monoisotopic (exact) mass is 288 g/mol. The zero-order valence-electron chi connectivity index (χ0n) is 9.70. The van der Waals surface area contributed by atoms with Crippen LogP contribution in [0.5, 0.6) is 0 Å². The van der Waals surface area contributed by atoms with Gasteiger partial charge in [0.05, 0.1) is 12.1 Å². The molecular weight excluding hydrogens is 276 g/mol. The minimum Gasteiger partial charge on any atom is -0.481 e. The Morgan fingerprint density at radius 2 is 2.17 bits per heavy atom. The SMILES string of the molecule is CSc1ccc(Cl)cc1NC(=O)NCCC(=O)O. The van der Waals surface area contributed by atoms with Gasteiger partial charge in [-0.15, -0.1) is 11.8 Å². The highest BCUT2D eigenvalue weighted by Gasteiger charge is 2.07. The van der Waals surface area contributed by atoms with E-state index in [-0.39, 0.29) is 13.0 Å². The summed E-state index contributed by atoms with van der Waals surface area (Å²) < 4.78 is 0. The normalized spacial score (nSPS) is 9.89. The van der Waals surface area contributed by atoms with E-state index in [4.69, 9.17) is 16.7 Å². The van der Waals surface area contributed by atoms with Gasteiger partial charge in [-0.3, -0.25) is 4.79 Å². The zero-order valence-corrected chi connectivity index (χ0v) is 11.3. The summed E-state index contributed by atoms with van der Waals surface area (Å²) >= 11 is 7.32. The molecule has 0 radical (unpaired) electrons. The van der Waals surface area contributed by atoms with Crippen LogP contribution in [-0.2, 0) is 4.79 Å². The lowest BCUT2D eigenvalue weighted by atomic mass is 10.3. The van der Waals surface area contributed by atoms with Gasteiger partial charge in [-0.25, -0.2) is 4.79 Å². The molecule has 0 saturated carbocycles. The first kappa shape index (κ1) is 14.7. The third-order valence-electron chi connectivity index (χ3n) is 2.03. The number of rotatable bonds is 5. The number of anilines is 1. The summed E-state index contributed by atoms with van der Waals surface area (Å²) in [5, 5.41) is 14.0. The van der Waals surface area contributed by atoms with E-state index in [2.05, 4.69) is 10.6 Å². The second-order valence-electron chi connectivity index (χ2n) is 3.37. The van der Waals surface area contributed by atoms with Gasteiger partial charge in [-0.1, -0.05) is 11.6 Å². The minimum atomic E-state index is -0.956. The lowest BCUT2D eigenvalue weighted by molar-refractivity contribution is -0.136. The number of carbonyl (C=O) groups is 2. The van der Waals surface area contributed by atoms with E-state index in [0.717, 1.165) is 4.90 Å². The first-order valence-corrected chi connectivity index (χ1v) is 6.73. The third-order valence-corrected chi connectivity index (χ3v) is 3.07. The Balaban J connectivity index is 2.58. The number of aliphatic carboxylic acids is 1. The molecule has 0 aliphatic heterocycles. The quantitative estimate of drug-likeness (QED) is 0.728. The average Bonchev–Trinajstić information content (AvgIpc) is 2.28. The van der Waals surface area contributed by atoms with Gasteiger partial charge >= 0.3 is 12.0 Å². The van der Waals surface area contributed by atoms with Gasteiger partial charge in [0.25, 0.3) is 0 Å². The maximum Gasteiger partial charge on any atom is 0.319 e. The van der Waals surface area contributed by atoms with Crippen molar-refractivity contribution in [1.29, 1.82) is 0 Å². The van der Waals surface area contributed by atoms with E-state index < -0.39 is 12.0 Å². The summed E-state index contributed by atoms with van der Waals surface area (Å²) in [6.45, 7) is 0.0797. The van der Waals surface area contributed by atoms with Crippen LogP contribution in [0.2, 0.25) is 5.02 Å². The van der Waals surface area contributed by atoms with Gasteiger partial charge in [-0.05, 0) is 24.5 Å². The summed E-state index contributed by atoms with van der Waals surface area (Å²) in [6.07, 6.45) is 1.77. The maximum atomic E-state index is 11.5. The molecule has 0 spiro atoms. The number of hydrogen-bond acceptors (Lipinski definition) is 3. The second kappa shape index (κ2) is 7.13. The molecule has 98 valence electrons. The lowest BCUT2D eigenvalue weighted by Crippen LogP contribution is -2.30. The summed E-state index contributed by atoms with van der Waals surface area (Å²) in [4.78, 5) is 22.7. The van der Waals surface area contributed by atoms with Crippen LogP contribution in [0.15, 0.2) is 23.1 Å². The van der Waals surface area contributed by atoms with E-state index in [0.29, 0.717) is 10.7 Å². The number of urea groups is 1. The molecule has 0 bridgehead atoms. The smallest absolute Gasteiger partial charge is 0.319 e. The fraction of sp³-hybridized carbons (Fsp3) is 0.273. The molecule has 1 aromatic carbocycles. The number of amides is 2. The zero-order chi connectivity index (χ0) is 13.5. The first-order valence-electron chi connectivity index (χ1n) is 5.13. The Hall–Kier alpha value is -1.40. The summed E-state index contributed by atoms with van der Waals surface area (Å²) in [7, 11) is 0. The second-order valence-corrected chi connectivity index (χ2v) is 4.65. The van der Waals surface area contributed by atoms with Crippen molar-refractivity contribution in [2.45, 2.75) is 11.3 Å². The van der Waals surface area contributed by atoms with Crippen molar-refractivity contribution >= 4 is 41.1 Å². The number of carbonyl (C=O) groups excluding carboxylic acids is 1.